The molecule has 0 aliphatic carbocycles. The first-order chi connectivity index (χ1) is 11.4. The molecule has 3 heterocycles. The van der Waals surface area contributed by atoms with Gasteiger partial charge in [0, 0.05) is 30.1 Å². The van der Waals surface area contributed by atoms with Gasteiger partial charge < -0.3 is 4.98 Å². The summed E-state index contributed by atoms with van der Waals surface area (Å²) in [5, 5.41) is 4.64. The van der Waals surface area contributed by atoms with Crippen molar-refractivity contribution in [2.24, 2.45) is 0 Å². The second kappa shape index (κ2) is 5.84. The Morgan fingerprint density at radius 1 is 1.00 bits per heavy atom. The van der Waals surface area contributed by atoms with Crippen molar-refractivity contribution in [3.63, 3.8) is 0 Å². The highest BCUT2D eigenvalue weighted by molar-refractivity contribution is 5.54. The van der Waals surface area contributed by atoms with Crippen molar-refractivity contribution in [3.05, 3.63) is 78.8 Å². The molecule has 0 fully saturated rings. The van der Waals surface area contributed by atoms with Gasteiger partial charge in [0.2, 0.25) is 0 Å². The van der Waals surface area contributed by atoms with Crippen molar-refractivity contribution in [1.82, 2.24) is 29.7 Å². The Labute approximate surface area is 132 Å². The maximum Gasteiger partial charge on any atom is 0.181 e. The summed E-state index contributed by atoms with van der Waals surface area (Å²) < 4.78 is 1.78. The third kappa shape index (κ3) is 2.74. The molecule has 0 unspecified atom stereocenters. The summed E-state index contributed by atoms with van der Waals surface area (Å²) >= 11 is 0. The SMILES string of the molecule is c1ccc(-c2nc(Cc3cnc[nH]3)n(-c3ccccn3)n2)cc1. The van der Waals surface area contributed by atoms with Gasteiger partial charge >= 0.3 is 0 Å². The average Bonchev–Trinajstić information content (AvgIpc) is 3.27. The summed E-state index contributed by atoms with van der Waals surface area (Å²) in [7, 11) is 0. The van der Waals surface area contributed by atoms with Crippen LogP contribution < -0.4 is 0 Å². The number of hydrogen-bond donors (Lipinski definition) is 1. The first-order valence-corrected chi connectivity index (χ1v) is 7.30. The molecule has 4 rings (SSSR count). The Hall–Kier alpha value is -3.28. The zero-order chi connectivity index (χ0) is 15.5. The minimum atomic E-state index is 0.608. The lowest BCUT2D eigenvalue weighted by atomic mass is 10.2. The summed E-state index contributed by atoms with van der Waals surface area (Å²) in [6.45, 7) is 0. The molecule has 1 aromatic carbocycles. The van der Waals surface area contributed by atoms with Gasteiger partial charge in [-0.25, -0.2) is 15.0 Å². The van der Waals surface area contributed by atoms with Crippen LogP contribution in [-0.4, -0.2) is 29.7 Å². The zero-order valence-corrected chi connectivity index (χ0v) is 12.3. The molecule has 0 saturated carbocycles. The number of nitrogens with one attached hydrogen (secondary N) is 1. The molecule has 0 aliphatic heterocycles. The largest absolute Gasteiger partial charge is 0.348 e. The molecule has 4 aromatic rings. The second-order valence-electron chi connectivity index (χ2n) is 5.07. The minimum absolute atomic E-state index is 0.608. The van der Waals surface area contributed by atoms with Gasteiger partial charge in [-0.3, -0.25) is 0 Å². The lowest BCUT2D eigenvalue weighted by Gasteiger charge is -2.03. The Bertz CT molecular complexity index is 882. The number of benzene rings is 1. The maximum atomic E-state index is 4.70. The van der Waals surface area contributed by atoms with Crippen LogP contribution in [0.3, 0.4) is 0 Å². The molecule has 0 amide bonds. The van der Waals surface area contributed by atoms with Gasteiger partial charge in [-0.1, -0.05) is 36.4 Å². The van der Waals surface area contributed by atoms with Gasteiger partial charge in [0.15, 0.2) is 11.6 Å². The number of rotatable bonds is 4. The molecule has 0 radical (unpaired) electrons. The van der Waals surface area contributed by atoms with Crippen LogP contribution in [0.1, 0.15) is 11.5 Å². The van der Waals surface area contributed by atoms with Crippen LogP contribution in [0.5, 0.6) is 0 Å². The van der Waals surface area contributed by atoms with Crippen LogP contribution in [0.15, 0.2) is 67.3 Å². The molecular weight excluding hydrogens is 288 g/mol. The van der Waals surface area contributed by atoms with E-state index in [1.54, 1.807) is 23.4 Å². The fourth-order valence-electron chi connectivity index (χ4n) is 2.38. The highest BCUT2D eigenvalue weighted by Crippen LogP contribution is 2.18. The Morgan fingerprint density at radius 3 is 2.61 bits per heavy atom. The van der Waals surface area contributed by atoms with E-state index in [9.17, 15) is 0 Å². The number of aromatic amines is 1. The van der Waals surface area contributed by atoms with E-state index in [0.29, 0.717) is 12.2 Å². The first kappa shape index (κ1) is 13.4. The molecule has 1 N–H and O–H groups in total. The minimum Gasteiger partial charge on any atom is -0.348 e. The van der Waals surface area contributed by atoms with E-state index < -0.39 is 0 Å². The molecule has 0 spiro atoms. The molecular formula is C17H14N6. The summed E-state index contributed by atoms with van der Waals surface area (Å²) in [6.07, 6.45) is 5.81. The topological polar surface area (TPSA) is 72.3 Å². The summed E-state index contributed by atoms with van der Waals surface area (Å²) in [5.74, 6) is 2.24. The quantitative estimate of drug-likeness (QED) is 0.629. The van der Waals surface area contributed by atoms with E-state index in [2.05, 4.69) is 20.1 Å². The smallest absolute Gasteiger partial charge is 0.181 e. The van der Waals surface area contributed by atoms with Gasteiger partial charge in [0.05, 0.1) is 6.33 Å². The van der Waals surface area contributed by atoms with E-state index in [1.807, 2.05) is 48.5 Å². The highest BCUT2D eigenvalue weighted by atomic mass is 15.4. The van der Waals surface area contributed by atoms with E-state index in [-0.39, 0.29) is 0 Å². The Balaban J connectivity index is 1.80. The van der Waals surface area contributed by atoms with Crippen LogP contribution in [-0.2, 0) is 6.42 Å². The van der Waals surface area contributed by atoms with E-state index in [4.69, 9.17) is 4.98 Å². The molecule has 112 valence electrons. The first-order valence-electron chi connectivity index (χ1n) is 7.30. The molecule has 6 nitrogen and oxygen atoms in total. The maximum absolute atomic E-state index is 4.70. The summed E-state index contributed by atoms with van der Waals surface area (Å²) in [4.78, 5) is 16.2. The van der Waals surface area contributed by atoms with Crippen LogP contribution in [0, 0.1) is 0 Å². The number of nitrogens with zero attached hydrogens (tertiary/aromatic N) is 5. The van der Waals surface area contributed by atoms with Crippen molar-refractivity contribution >= 4 is 0 Å². The standard InChI is InChI=1S/C17H14N6/c1-2-6-13(7-3-1)17-21-16(10-14-11-18-12-20-14)23(22-17)15-8-4-5-9-19-15/h1-9,11-12H,10H2,(H,18,20). The van der Waals surface area contributed by atoms with Gasteiger partial charge in [0.25, 0.3) is 0 Å². The van der Waals surface area contributed by atoms with Crippen molar-refractivity contribution in [2.45, 2.75) is 6.42 Å². The van der Waals surface area contributed by atoms with Crippen LogP contribution in [0.4, 0.5) is 0 Å². The lowest BCUT2D eigenvalue weighted by molar-refractivity contribution is 0.784. The zero-order valence-electron chi connectivity index (χ0n) is 12.3. The lowest BCUT2D eigenvalue weighted by Crippen LogP contribution is -2.05. The van der Waals surface area contributed by atoms with Crippen molar-refractivity contribution in [2.75, 3.05) is 0 Å². The molecule has 0 bridgehead atoms. The molecule has 23 heavy (non-hydrogen) atoms. The monoisotopic (exact) mass is 302 g/mol. The van der Waals surface area contributed by atoms with Crippen LogP contribution in [0.25, 0.3) is 17.2 Å². The van der Waals surface area contributed by atoms with E-state index >= 15 is 0 Å². The normalized spacial score (nSPS) is 10.8. The number of hydrogen-bond acceptors (Lipinski definition) is 4. The fourth-order valence-corrected chi connectivity index (χ4v) is 2.38. The average molecular weight is 302 g/mol. The third-order valence-electron chi connectivity index (χ3n) is 3.48. The molecule has 0 aliphatic rings. The number of pyridine rings is 1. The van der Waals surface area contributed by atoms with Crippen molar-refractivity contribution in [3.8, 4) is 17.2 Å². The molecule has 3 aromatic heterocycles. The molecule has 0 atom stereocenters. The van der Waals surface area contributed by atoms with Crippen molar-refractivity contribution < 1.29 is 0 Å². The van der Waals surface area contributed by atoms with Gasteiger partial charge in [-0.2, -0.15) is 4.68 Å². The Kier molecular flexibility index (Phi) is 3.40. The Morgan fingerprint density at radius 2 is 1.87 bits per heavy atom. The van der Waals surface area contributed by atoms with Crippen LogP contribution >= 0.6 is 0 Å². The van der Waals surface area contributed by atoms with Crippen molar-refractivity contribution in [1.29, 1.82) is 0 Å². The highest BCUT2D eigenvalue weighted by Gasteiger charge is 2.14. The van der Waals surface area contributed by atoms with Gasteiger partial charge in [-0.05, 0) is 12.1 Å². The third-order valence-corrected chi connectivity index (χ3v) is 3.48. The number of imidazole rings is 1. The van der Waals surface area contributed by atoms with E-state index in [0.717, 1.165) is 22.9 Å². The fraction of sp³-hybridized carbons (Fsp3) is 0.0588. The van der Waals surface area contributed by atoms with Gasteiger partial charge in [-0.15, -0.1) is 5.10 Å². The van der Waals surface area contributed by atoms with Crippen LogP contribution in [0.2, 0.25) is 0 Å². The number of aromatic nitrogens is 6. The summed E-state index contributed by atoms with van der Waals surface area (Å²) in [5.41, 5.74) is 1.96. The molecule has 0 saturated heterocycles. The second-order valence-corrected chi connectivity index (χ2v) is 5.07. The predicted molar refractivity (Wildman–Crippen MR) is 86.0 cm³/mol. The molecule has 6 heteroatoms. The predicted octanol–water partition coefficient (Wildman–Crippen LogP) is 2.64. The van der Waals surface area contributed by atoms with Gasteiger partial charge in [0.1, 0.15) is 5.82 Å². The summed E-state index contributed by atoms with van der Waals surface area (Å²) in [6, 6.07) is 15.7. The van der Waals surface area contributed by atoms with E-state index in [1.165, 1.54) is 0 Å². The number of H-pyrrole nitrogens is 1.